The van der Waals surface area contributed by atoms with E-state index in [0.717, 1.165) is 6.42 Å². The summed E-state index contributed by atoms with van der Waals surface area (Å²) in [6.07, 6.45) is 3.49. The molecule has 1 heteroatoms. The third-order valence-electron chi connectivity index (χ3n) is 3.15. The van der Waals surface area contributed by atoms with Gasteiger partial charge in [0.15, 0.2) is 0 Å². The first-order valence-electron chi connectivity index (χ1n) is 6.04. The molecule has 0 spiro atoms. The largest absolute Gasteiger partial charge is 0.324 e. The molecule has 0 amide bonds. The van der Waals surface area contributed by atoms with Gasteiger partial charge in [-0.2, -0.15) is 0 Å². The molecule has 1 nitrogen and oxygen atoms in total. The van der Waals surface area contributed by atoms with Gasteiger partial charge in [0.1, 0.15) is 0 Å². The van der Waals surface area contributed by atoms with E-state index >= 15 is 0 Å². The summed E-state index contributed by atoms with van der Waals surface area (Å²) < 4.78 is 0. The molecule has 0 saturated carbocycles. The molecule has 2 N–H and O–H groups in total. The Kier molecular flexibility index (Phi) is 4.83. The Bertz CT molecular complexity index is 293. The third kappa shape index (κ3) is 3.07. The van der Waals surface area contributed by atoms with Crippen molar-refractivity contribution in [3.05, 3.63) is 35.4 Å². The summed E-state index contributed by atoms with van der Waals surface area (Å²) in [6, 6.07) is 8.75. The van der Waals surface area contributed by atoms with Crippen LogP contribution in [0.4, 0.5) is 0 Å². The van der Waals surface area contributed by atoms with Crippen molar-refractivity contribution in [1.29, 1.82) is 0 Å². The van der Waals surface area contributed by atoms with E-state index in [4.69, 9.17) is 5.73 Å². The minimum absolute atomic E-state index is 0.195. The summed E-state index contributed by atoms with van der Waals surface area (Å²) in [5.41, 5.74) is 9.03. The summed E-state index contributed by atoms with van der Waals surface area (Å²) >= 11 is 0. The maximum absolute atomic E-state index is 6.30. The quantitative estimate of drug-likeness (QED) is 0.779. The van der Waals surface area contributed by atoms with E-state index in [1.165, 1.54) is 24.0 Å². The average Bonchev–Trinajstić information content (AvgIpc) is 2.28. The maximum atomic E-state index is 6.30. The fraction of sp³-hybridized carbons (Fsp3) is 0.571. The van der Waals surface area contributed by atoms with E-state index in [9.17, 15) is 0 Å². The maximum Gasteiger partial charge on any atom is 0.0323 e. The Balaban J connectivity index is 2.84. The van der Waals surface area contributed by atoms with Crippen molar-refractivity contribution in [3.63, 3.8) is 0 Å². The van der Waals surface area contributed by atoms with Crippen molar-refractivity contribution in [2.45, 2.75) is 46.1 Å². The van der Waals surface area contributed by atoms with Crippen LogP contribution in [0.5, 0.6) is 0 Å². The van der Waals surface area contributed by atoms with Crippen LogP contribution < -0.4 is 5.73 Å². The van der Waals surface area contributed by atoms with Crippen LogP contribution in [0.25, 0.3) is 0 Å². The smallest absolute Gasteiger partial charge is 0.0323 e. The lowest BCUT2D eigenvalue weighted by Crippen LogP contribution is -2.20. The number of aryl methyl sites for hydroxylation is 1. The van der Waals surface area contributed by atoms with Crippen LogP contribution >= 0.6 is 0 Å². The first-order valence-corrected chi connectivity index (χ1v) is 6.04. The number of rotatable bonds is 5. The van der Waals surface area contributed by atoms with Crippen LogP contribution in [0, 0.1) is 5.92 Å². The molecular weight excluding hydrogens is 182 g/mol. The van der Waals surface area contributed by atoms with Gasteiger partial charge in [0.25, 0.3) is 0 Å². The van der Waals surface area contributed by atoms with Crippen molar-refractivity contribution in [2.75, 3.05) is 0 Å². The molecule has 0 aliphatic carbocycles. The van der Waals surface area contributed by atoms with Crippen LogP contribution in [0.3, 0.4) is 0 Å². The highest BCUT2D eigenvalue weighted by Gasteiger charge is 2.15. The van der Waals surface area contributed by atoms with Gasteiger partial charge in [-0.15, -0.1) is 0 Å². The highest BCUT2D eigenvalue weighted by atomic mass is 14.6. The minimum Gasteiger partial charge on any atom is -0.324 e. The van der Waals surface area contributed by atoms with E-state index < -0.39 is 0 Å². The van der Waals surface area contributed by atoms with Crippen molar-refractivity contribution < 1.29 is 0 Å². The lowest BCUT2D eigenvalue weighted by atomic mass is 9.88. The Morgan fingerprint density at radius 2 is 1.87 bits per heavy atom. The molecule has 2 atom stereocenters. The van der Waals surface area contributed by atoms with E-state index in [-0.39, 0.29) is 6.04 Å². The van der Waals surface area contributed by atoms with Gasteiger partial charge in [-0.25, -0.2) is 0 Å². The molecule has 0 aliphatic heterocycles. The Morgan fingerprint density at radius 1 is 1.20 bits per heavy atom. The molecule has 0 saturated heterocycles. The molecule has 0 heterocycles. The standard InChI is InChI=1S/C14H23N/c1-4-8-11(3)14(15)13-10-7-6-9-12(13)5-2/h6-7,9-11,14H,4-5,8,15H2,1-3H3. The van der Waals surface area contributed by atoms with Crippen molar-refractivity contribution in [1.82, 2.24) is 0 Å². The molecule has 0 radical (unpaired) electrons. The van der Waals surface area contributed by atoms with Crippen molar-refractivity contribution in [3.8, 4) is 0 Å². The molecule has 1 aromatic carbocycles. The van der Waals surface area contributed by atoms with Crippen LogP contribution in [-0.4, -0.2) is 0 Å². The van der Waals surface area contributed by atoms with Crippen LogP contribution in [-0.2, 0) is 6.42 Å². The summed E-state index contributed by atoms with van der Waals surface area (Å²) in [6.45, 7) is 6.66. The second kappa shape index (κ2) is 5.92. The van der Waals surface area contributed by atoms with Crippen LogP contribution in [0.15, 0.2) is 24.3 Å². The summed E-state index contributed by atoms with van der Waals surface area (Å²) in [5, 5.41) is 0. The first-order chi connectivity index (χ1) is 7.20. The van der Waals surface area contributed by atoms with Crippen molar-refractivity contribution in [2.24, 2.45) is 11.7 Å². The first kappa shape index (κ1) is 12.3. The number of hydrogen-bond donors (Lipinski definition) is 1. The molecule has 0 bridgehead atoms. The van der Waals surface area contributed by atoms with Gasteiger partial charge in [0.05, 0.1) is 0 Å². The zero-order chi connectivity index (χ0) is 11.3. The monoisotopic (exact) mass is 205 g/mol. The normalized spacial score (nSPS) is 14.9. The SMILES string of the molecule is CCCC(C)C(N)c1ccccc1CC. The highest BCUT2D eigenvalue weighted by molar-refractivity contribution is 5.30. The Labute approximate surface area is 93.7 Å². The van der Waals surface area contributed by atoms with Gasteiger partial charge < -0.3 is 5.73 Å². The molecule has 2 unspecified atom stereocenters. The second-order valence-electron chi connectivity index (χ2n) is 4.34. The lowest BCUT2D eigenvalue weighted by molar-refractivity contribution is 0.432. The molecule has 1 rings (SSSR count). The highest BCUT2D eigenvalue weighted by Crippen LogP contribution is 2.25. The Morgan fingerprint density at radius 3 is 2.47 bits per heavy atom. The number of nitrogens with two attached hydrogens (primary N) is 1. The number of hydrogen-bond acceptors (Lipinski definition) is 1. The molecule has 1 aromatic rings. The fourth-order valence-electron chi connectivity index (χ4n) is 2.12. The average molecular weight is 205 g/mol. The minimum atomic E-state index is 0.195. The van der Waals surface area contributed by atoms with Gasteiger partial charge in [-0.1, -0.05) is 51.5 Å². The van der Waals surface area contributed by atoms with Gasteiger partial charge in [-0.3, -0.25) is 0 Å². The summed E-state index contributed by atoms with van der Waals surface area (Å²) in [5.74, 6) is 0.572. The van der Waals surface area contributed by atoms with E-state index in [1.54, 1.807) is 0 Å². The Hall–Kier alpha value is -0.820. The summed E-state index contributed by atoms with van der Waals surface area (Å²) in [4.78, 5) is 0. The molecule has 0 fully saturated rings. The van der Waals surface area contributed by atoms with E-state index in [0.29, 0.717) is 5.92 Å². The van der Waals surface area contributed by atoms with Crippen molar-refractivity contribution >= 4 is 0 Å². The van der Waals surface area contributed by atoms with Gasteiger partial charge in [0.2, 0.25) is 0 Å². The number of benzene rings is 1. The summed E-state index contributed by atoms with van der Waals surface area (Å²) in [7, 11) is 0. The lowest BCUT2D eigenvalue weighted by Gasteiger charge is -2.22. The van der Waals surface area contributed by atoms with Gasteiger partial charge >= 0.3 is 0 Å². The van der Waals surface area contributed by atoms with Gasteiger partial charge in [0, 0.05) is 6.04 Å². The molecule has 0 aliphatic rings. The predicted molar refractivity (Wildman–Crippen MR) is 66.8 cm³/mol. The zero-order valence-electron chi connectivity index (χ0n) is 10.2. The molecular formula is C14H23N. The van der Waals surface area contributed by atoms with Crippen LogP contribution in [0.1, 0.15) is 50.8 Å². The van der Waals surface area contributed by atoms with E-state index in [2.05, 4.69) is 45.0 Å². The topological polar surface area (TPSA) is 26.0 Å². The van der Waals surface area contributed by atoms with Gasteiger partial charge in [-0.05, 0) is 29.9 Å². The predicted octanol–water partition coefficient (Wildman–Crippen LogP) is 3.69. The molecule has 84 valence electrons. The zero-order valence-corrected chi connectivity index (χ0v) is 10.2. The third-order valence-corrected chi connectivity index (χ3v) is 3.15. The molecule has 15 heavy (non-hydrogen) atoms. The second-order valence-corrected chi connectivity index (χ2v) is 4.34. The van der Waals surface area contributed by atoms with E-state index in [1.807, 2.05) is 0 Å². The molecule has 0 aromatic heterocycles. The van der Waals surface area contributed by atoms with Crippen LogP contribution in [0.2, 0.25) is 0 Å². The fourth-order valence-corrected chi connectivity index (χ4v) is 2.12.